The minimum atomic E-state index is -0.346. The molecule has 2 fully saturated rings. The maximum absolute atomic E-state index is 12.2. The largest absolute Gasteiger partial charge is 0.354 e. The van der Waals surface area contributed by atoms with Gasteiger partial charge in [0.2, 0.25) is 11.8 Å². The summed E-state index contributed by atoms with van der Waals surface area (Å²) in [6.07, 6.45) is 5.21. The molecule has 2 aliphatic rings. The van der Waals surface area contributed by atoms with Crippen molar-refractivity contribution in [2.45, 2.75) is 44.6 Å². The Balaban J connectivity index is 0.00000162. The van der Waals surface area contributed by atoms with Crippen molar-refractivity contribution >= 4 is 24.2 Å². The van der Waals surface area contributed by atoms with Gasteiger partial charge < -0.3 is 16.4 Å². The Kier molecular flexibility index (Phi) is 5.41. The molecule has 0 aromatic rings. The van der Waals surface area contributed by atoms with Crippen LogP contribution in [0.25, 0.3) is 0 Å². The monoisotopic (exact) mass is 275 g/mol. The third-order valence-electron chi connectivity index (χ3n) is 4.03. The van der Waals surface area contributed by atoms with Crippen molar-refractivity contribution in [2.75, 3.05) is 13.1 Å². The third-order valence-corrected chi connectivity index (χ3v) is 4.03. The Morgan fingerprint density at radius 3 is 2.61 bits per heavy atom. The van der Waals surface area contributed by atoms with Crippen LogP contribution in [0, 0.1) is 5.41 Å². The van der Waals surface area contributed by atoms with Crippen molar-refractivity contribution in [2.24, 2.45) is 11.1 Å². The number of carbonyl (C=O) groups excluding carboxylic acids is 2. The maximum atomic E-state index is 12.2. The van der Waals surface area contributed by atoms with Gasteiger partial charge in [-0.1, -0.05) is 12.8 Å². The molecule has 1 heterocycles. The first-order valence-electron chi connectivity index (χ1n) is 6.44. The van der Waals surface area contributed by atoms with Gasteiger partial charge in [-0.15, -0.1) is 12.4 Å². The molecule has 0 bridgehead atoms. The Labute approximate surface area is 114 Å². The fraction of sp³-hybridized carbons (Fsp3) is 0.833. The number of hydrogen-bond donors (Lipinski definition) is 3. The van der Waals surface area contributed by atoms with E-state index in [1.165, 1.54) is 0 Å². The quantitative estimate of drug-likeness (QED) is 0.694. The summed E-state index contributed by atoms with van der Waals surface area (Å²) in [7, 11) is 0. The smallest absolute Gasteiger partial charge is 0.227 e. The zero-order valence-corrected chi connectivity index (χ0v) is 11.4. The van der Waals surface area contributed by atoms with Gasteiger partial charge in [-0.25, -0.2) is 0 Å². The van der Waals surface area contributed by atoms with E-state index in [1.54, 1.807) is 0 Å². The molecule has 1 unspecified atom stereocenters. The Morgan fingerprint density at radius 2 is 2.11 bits per heavy atom. The SMILES string of the molecule is Cl.NCC1(C(=O)NC2CCC(=O)NC2)CCCC1. The fourth-order valence-electron chi connectivity index (χ4n) is 2.77. The highest BCUT2D eigenvalue weighted by molar-refractivity contribution is 5.85. The summed E-state index contributed by atoms with van der Waals surface area (Å²) in [4.78, 5) is 23.3. The topological polar surface area (TPSA) is 84.2 Å². The van der Waals surface area contributed by atoms with Crippen molar-refractivity contribution in [3.8, 4) is 0 Å². The van der Waals surface area contributed by atoms with E-state index < -0.39 is 0 Å². The molecular formula is C12H22ClN3O2. The number of nitrogens with two attached hydrogens (primary N) is 1. The predicted octanol–water partition coefficient (Wildman–Crippen LogP) is 0.322. The van der Waals surface area contributed by atoms with Crippen LogP contribution in [0.4, 0.5) is 0 Å². The van der Waals surface area contributed by atoms with Gasteiger partial charge in [-0.3, -0.25) is 9.59 Å². The molecule has 4 N–H and O–H groups in total. The number of nitrogens with one attached hydrogen (secondary N) is 2. The molecule has 1 atom stereocenters. The van der Waals surface area contributed by atoms with Crippen LogP contribution in [-0.4, -0.2) is 30.9 Å². The van der Waals surface area contributed by atoms with Crippen LogP contribution in [-0.2, 0) is 9.59 Å². The van der Waals surface area contributed by atoms with Crippen molar-refractivity contribution in [1.82, 2.24) is 10.6 Å². The minimum absolute atomic E-state index is 0. The molecule has 2 amide bonds. The molecule has 2 rings (SSSR count). The summed E-state index contributed by atoms with van der Waals surface area (Å²) in [5.74, 6) is 0.156. The summed E-state index contributed by atoms with van der Waals surface area (Å²) < 4.78 is 0. The first-order valence-corrected chi connectivity index (χ1v) is 6.44. The number of carbonyl (C=O) groups is 2. The first kappa shape index (κ1) is 15.2. The van der Waals surface area contributed by atoms with Gasteiger partial charge in [-0.2, -0.15) is 0 Å². The minimum Gasteiger partial charge on any atom is -0.354 e. The molecule has 0 radical (unpaired) electrons. The molecule has 0 spiro atoms. The number of piperidine rings is 1. The van der Waals surface area contributed by atoms with Crippen molar-refractivity contribution < 1.29 is 9.59 Å². The average molecular weight is 276 g/mol. The molecular weight excluding hydrogens is 254 g/mol. The van der Waals surface area contributed by atoms with Crippen LogP contribution < -0.4 is 16.4 Å². The highest BCUT2D eigenvalue weighted by atomic mass is 35.5. The molecule has 0 aromatic heterocycles. The Bertz CT molecular complexity index is 306. The van der Waals surface area contributed by atoms with Crippen molar-refractivity contribution in [3.63, 3.8) is 0 Å². The van der Waals surface area contributed by atoms with Crippen LogP contribution in [0.3, 0.4) is 0 Å². The van der Waals surface area contributed by atoms with E-state index in [4.69, 9.17) is 5.73 Å². The summed E-state index contributed by atoms with van der Waals surface area (Å²) in [6.45, 7) is 0.975. The van der Waals surface area contributed by atoms with Crippen LogP contribution in [0.5, 0.6) is 0 Å². The average Bonchev–Trinajstić information content (AvgIpc) is 2.82. The summed E-state index contributed by atoms with van der Waals surface area (Å²) >= 11 is 0. The number of hydrogen-bond acceptors (Lipinski definition) is 3. The van der Waals surface area contributed by atoms with Gasteiger partial charge in [0.05, 0.1) is 5.41 Å². The van der Waals surface area contributed by atoms with E-state index in [2.05, 4.69) is 10.6 Å². The normalized spacial score (nSPS) is 26.1. The molecule has 1 aliphatic carbocycles. The lowest BCUT2D eigenvalue weighted by molar-refractivity contribution is -0.132. The van der Waals surface area contributed by atoms with E-state index in [1.807, 2.05) is 0 Å². The second kappa shape index (κ2) is 6.38. The van der Waals surface area contributed by atoms with Gasteiger partial charge in [0.1, 0.15) is 0 Å². The zero-order chi connectivity index (χ0) is 12.3. The molecule has 1 saturated carbocycles. The number of amides is 2. The predicted molar refractivity (Wildman–Crippen MR) is 71.4 cm³/mol. The van der Waals surface area contributed by atoms with Crippen LogP contribution >= 0.6 is 12.4 Å². The van der Waals surface area contributed by atoms with Gasteiger partial charge in [-0.05, 0) is 19.3 Å². The van der Waals surface area contributed by atoms with Gasteiger partial charge in [0, 0.05) is 25.6 Å². The van der Waals surface area contributed by atoms with E-state index in [9.17, 15) is 9.59 Å². The Hall–Kier alpha value is -0.810. The van der Waals surface area contributed by atoms with Crippen LogP contribution in [0.15, 0.2) is 0 Å². The van der Waals surface area contributed by atoms with Crippen molar-refractivity contribution in [1.29, 1.82) is 0 Å². The highest BCUT2D eigenvalue weighted by Gasteiger charge is 2.40. The number of rotatable bonds is 3. The summed E-state index contributed by atoms with van der Waals surface area (Å²) in [6, 6.07) is 0.0734. The third kappa shape index (κ3) is 3.14. The first-order chi connectivity index (χ1) is 8.16. The van der Waals surface area contributed by atoms with E-state index >= 15 is 0 Å². The van der Waals surface area contributed by atoms with Gasteiger partial charge in [0.25, 0.3) is 0 Å². The van der Waals surface area contributed by atoms with E-state index in [-0.39, 0.29) is 35.7 Å². The number of halogens is 1. The van der Waals surface area contributed by atoms with Gasteiger partial charge >= 0.3 is 0 Å². The standard InChI is InChI=1S/C12H21N3O2.ClH/c13-8-12(5-1-2-6-12)11(17)15-9-3-4-10(16)14-7-9;/h9H,1-8,13H2,(H,14,16)(H,15,17);1H. The highest BCUT2D eigenvalue weighted by Crippen LogP contribution is 2.37. The molecule has 0 aromatic carbocycles. The van der Waals surface area contributed by atoms with Crippen molar-refractivity contribution in [3.05, 3.63) is 0 Å². The lowest BCUT2D eigenvalue weighted by atomic mass is 9.85. The summed E-state index contributed by atoms with van der Waals surface area (Å²) in [5.41, 5.74) is 5.42. The summed E-state index contributed by atoms with van der Waals surface area (Å²) in [5, 5.41) is 5.81. The fourth-order valence-corrected chi connectivity index (χ4v) is 2.77. The lowest BCUT2D eigenvalue weighted by Gasteiger charge is -2.30. The van der Waals surface area contributed by atoms with E-state index in [0.29, 0.717) is 19.5 Å². The second-order valence-electron chi connectivity index (χ2n) is 5.20. The maximum Gasteiger partial charge on any atom is 0.227 e. The molecule has 1 aliphatic heterocycles. The van der Waals surface area contributed by atoms with Gasteiger partial charge in [0.15, 0.2) is 0 Å². The second-order valence-corrected chi connectivity index (χ2v) is 5.20. The molecule has 104 valence electrons. The zero-order valence-electron chi connectivity index (χ0n) is 10.5. The van der Waals surface area contributed by atoms with E-state index in [0.717, 1.165) is 32.1 Å². The lowest BCUT2D eigenvalue weighted by Crippen LogP contribution is -2.53. The van der Waals surface area contributed by atoms with Crippen LogP contribution in [0.2, 0.25) is 0 Å². The Morgan fingerprint density at radius 1 is 1.44 bits per heavy atom. The molecule has 5 nitrogen and oxygen atoms in total. The molecule has 18 heavy (non-hydrogen) atoms. The molecule has 1 saturated heterocycles. The van der Waals surface area contributed by atoms with Crippen LogP contribution in [0.1, 0.15) is 38.5 Å². The molecule has 6 heteroatoms.